The van der Waals surface area contributed by atoms with Gasteiger partial charge in [-0.15, -0.1) is 22.7 Å². The summed E-state index contributed by atoms with van der Waals surface area (Å²) in [5, 5.41) is 10.0. The molecule has 0 saturated heterocycles. The predicted octanol–water partition coefficient (Wildman–Crippen LogP) is 4.04. The van der Waals surface area contributed by atoms with Crippen LogP contribution in [0.2, 0.25) is 0 Å². The summed E-state index contributed by atoms with van der Waals surface area (Å²) in [7, 11) is -3.31. The standard InChI is InChI=1S/C19H16N4O4S4/c1-31(26,27)12-5-6-13-15(9-12)30-19(21-13)22-16(24)7-4-11-10-29-18(20-11)23-17(25)14-3-2-8-28-14/h2-3,5-6,8-10H,4,7H2,1H3,(H,20,23,25)(H,21,22,24). The number of thiophene rings is 1. The molecule has 2 amide bonds. The number of aromatic nitrogens is 2. The van der Waals surface area contributed by atoms with Crippen molar-refractivity contribution in [3.05, 3.63) is 51.7 Å². The maximum absolute atomic E-state index is 12.3. The maximum Gasteiger partial charge on any atom is 0.267 e. The molecule has 0 aliphatic rings. The molecule has 160 valence electrons. The quantitative estimate of drug-likeness (QED) is 0.402. The van der Waals surface area contributed by atoms with Crippen molar-refractivity contribution in [2.75, 3.05) is 16.9 Å². The molecule has 2 N–H and O–H groups in total. The molecule has 4 aromatic rings. The molecule has 0 unspecified atom stereocenters. The molecule has 0 spiro atoms. The van der Waals surface area contributed by atoms with Crippen LogP contribution in [0.4, 0.5) is 10.3 Å². The monoisotopic (exact) mass is 492 g/mol. The Morgan fingerprint density at radius 3 is 2.65 bits per heavy atom. The van der Waals surface area contributed by atoms with E-state index in [-0.39, 0.29) is 23.1 Å². The summed E-state index contributed by atoms with van der Waals surface area (Å²) in [5.74, 6) is -0.428. The lowest BCUT2D eigenvalue weighted by molar-refractivity contribution is -0.116. The van der Waals surface area contributed by atoms with Crippen LogP contribution >= 0.6 is 34.0 Å². The summed E-state index contributed by atoms with van der Waals surface area (Å²) in [5.41, 5.74) is 1.34. The highest BCUT2D eigenvalue weighted by atomic mass is 32.2. The van der Waals surface area contributed by atoms with E-state index in [9.17, 15) is 18.0 Å². The zero-order valence-corrected chi connectivity index (χ0v) is 19.4. The van der Waals surface area contributed by atoms with E-state index >= 15 is 0 Å². The van der Waals surface area contributed by atoms with E-state index in [1.807, 2.05) is 16.8 Å². The molecule has 0 aliphatic carbocycles. The summed E-state index contributed by atoms with van der Waals surface area (Å²) >= 11 is 3.88. The highest BCUT2D eigenvalue weighted by Gasteiger charge is 2.14. The Kier molecular flexibility index (Phi) is 6.14. The number of rotatable bonds is 7. The van der Waals surface area contributed by atoms with Crippen LogP contribution in [0.5, 0.6) is 0 Å². The zero-order chi connectivity index (χ0) is 22.0. The highest BCUT2D eigenvalue weighted by molar-refractivity contribution is 7.90. The Balaban J connectivity index is 1.33. The van der Waals surface area contributed by atoms with Gasteiger partial charge in [0.25, 0.3) is 5.91 Å². The van der Waals surface area contributed by atoms with E-state index in [2.05, 4.69) is 20.6 Å². The third-order valence-electron chi connectivity index (χ3n) is 4.16. The number of aryl methyl sites for hydroxylation is 1. The van der Waals surface area contributed by atoms with Crippen molar-refractivity contribution >= 4 is 76.1 Å². The van der Waals surface area contributed by atoms with E-state index in [1.54, 1.807) is 18.2 Å². The number of hydrogen-bond acceptors (Lipinski definition) is 9. The molecule has 3 heterocycles. The molecule has 4 rings (SSSR count). The summed E-state index contributed by atoms with van der Waals surface area (Å²) in [6, 6.07) is 8.23. The fourth-order valence-corrected chi connectivity index (χ4v) is 5.66. The Morgan fingerprint density at radius 2 is 1.90 bits per heavy atom. The van der Waals surface area contributed by atoms with Crippen molar-refractivity contribution in [2.45, 2.75) is 17.7 Å². The van der Waals surface area contributed by atoms with Crippen molar-refractivity contribution in [1.29, 1.82) is 0 Å². The lowest BCUT2D eigenvalue weighted by Crippen LogP contribution is -2.12. The van der Waals surface area contributed by atoms with Gasteiger partial charge in [-0.05, 0) is 36.1 Å². The first kappa shape index (κ1) is 21.6. The number of carbonyl (C=O) groups is 2. The topological polar surface area (TPSA) is 118 Å². The average Bonchev–Trinajstić information content (AvgIpc) is 3.45. The van der Waals surface area contributed by atoms with E-state index in [4.69, 9.17) is 0 Å². The van der Waals surface area contributed by atoms with Crippen molar-refractivity contribution < 1.29 is 18.0 Å². The minimum atomic E-state index is -3.31. The fraction of sp³-hybridized carbons (Fsp3) is 0.158. The number of fused-ring (bicyclic) bond motifs is 1. The molecular formula is C19H16N4O4S4. The fourth-order valence-electron chi connectivity index (χ4n) is 2.66. The zero-order valence-electron chi connectivity index (χ0n) is 16.1. The summed E-state index contributed by atoms with van der Waals surface area (Å²) in [6.07, 6.45) is 1.77. The Bertz CT molecular complexity index is 1360. The van der Waals surface area contributed by atoms with E-state index in [0.29, 0.717) is 37.5 Å². The first-order valence-electron chi connectivity index (χ1n) is 8.98. The number of benzene rings is 1. The number of thiazole rings is 2. The average molecular weight is 493 g/mol. The Labute approximate surface area is 189 Å². The first-order chi connectivity index (χ1) is 14.8. The Morgan fingerprint density at radius 1 is 1.06 bits per heavy atom. The van der Waals surface area contributed by atoms with Crippen LogP contribution in [-0.2, 0) is 21.1 Å². The van der Waals surface area contributed by atoms with Crippen molar-refractivity contribution in [1.82, 2.24) is 9.97 Å². The van der Waals surface area contributed by atoms with Gasteiger partial charge in [-0.2, -0.15) is 0 Å². The minimum absolute atomic E-state index is 0.201. The van der Waals surface area contributed by atoms with Crippen LogP contribution in [-0.4, -0.2) is 36.5 Å². The summed E-state index contributed by atoms with van der Waals surface area (Å²) < 4.78 is 24.1. The van der Waals surface area contributed by atoms with Gasteiger partial charge in [-0.1, -0.05) is 17.4 Å². The summed E-state index contributed by atoms with van der Waals surface area (Å²) in [6.45, 7) is 0. The number of anilines is 2. The summed E-state index contributed by atoms with van der Waals surface area (Å²) in [4.78, 5) is 33.9. The number of amides is 2. The molecule has 0 atom stereocenters. The molecule has 12 heteroatoms. The van der Waals surface area contributed by atoms with Gasteiger partial charge >= 0.3 is 0 Å². The van der Waals surface area contributed by atoms with E-state index in [0.717, 1.165) is 6.26 Å². The molecule has 0 fully saturated rings. The van der Waals surface area contributed by atoms with Gasteiger partial charge in [-0.3, -0.25) is 14.9 Å². The maximum atomic E-state index is 12.3. The third-order valence-corrected chi connectivity index (χ3v) is 7.88. The second-order valence-corrected chi connectivity index (χ2v) is 11.4. The van der Waals surface area contributed by atoms with Gasteiger partial charge < -0.3 is 5.32 Å². The van der Waals surface area contributed by atoms with Crippen LogP contribution in [0.1, 0.15) is 21.8 Å². The van der Waals surface area contributed by atoms with Crippen LogP contribution in [0, 0.1) is 0 Å². The lowest BCUT2D eigenvalue weighted by Gasteiger charge is -2.00. The Hall–Kier alpha value is -2.67. The van der Waals surface area contributed by atoms with Gasteiger partial charge in [0.2, 0.25) is 5.91 Å². The molecule has 0 radical (unpaired) electrons. The second kappa shape index (κ2) is 8.83. The predicted molar refractivity (Wildman–Crippen MR) is 124 cm³/mol. The molecule has 0 saturated carbocycles. The molecular weight excluding hydrogens is 477 g/mol. The van der Waals surface area contributed by atoms with Gasteiger partial charge in [-0.25, -0.2) is 18.4 Å². The molecule has 31 heavy (non-hydrogen) atoms. The van der Waals surface area contributed by atoms with Gasteiger partial charge in [0.1, 0.15) is 0 Å². The normalized spacial score (nSPS) is 11.5. The highest BCUT2D eigenvalue weighted by Crippen LogP contribution is 2.28. The van der Waals surface area contributed by atoms with Crippen LogP contribution in [0.15, 0.2) is 46.0 Å². The van der Waals surface area contributed by atoms with Gasteiger partial charge in [0.05, 0.1) is 25.7 Å². The smallest absolute Gasteiger partial charge is 0.267 e. The van der Waals surface area contributed by atoms with E-state index < -0.39 is 9.84 Å². The largest absolute Gasteiger partial charge is 0.302 e. The first-order valence-corrected chi connectivity index (χ1v) is 13.4. The lowest BCUT2D eigenvalue weighted by atomic mass is 10.2. The van der Waals surface area contributed by atoms with E-state index in [1.165, 1.54) is 40.1 Å². The molecule has 0 aliphatic heterocycles. The number of nitrogens with one attached hydrogen (secondary N) is 2. The molecule has 8 nitrogen and oxygen atoms in total. The SMILES string of the molecule is CS(=O)(=O)c1ccc2nc(NC(=O)CCc3csc(NC(=O)c4cccs4)n3)sc2c1. The molecule has 1 aromatic carbocycles. The van der Waals surface area contributed by atoms with Crippen LogP contribution < -0.4 is 10.6 Å². The third kappa shape index (κ3) is 5.34. The van der Waals surface area contributed by atoms with Crippen molar-refractivity contribution in [3.63, 3.8) is 0 Å². The number of carbonyl (C=O) groups excluding carboxylic acids is 2. The van der Waals surface area contributed by atoms with Crippen LogP contribution in [0.3, 0.4) is 0 Å². The minimum Gasteiger partial charge on any atom is -0.302 e. The van der Waals surface area contributed by atoms with Crippen molar-refractivity contribution in [2.24, 2.45) is 0 Å². The number of hydrogen-bond donors (Lipinski definition) is 2. The van der Waals surface area contributed by atoms with Gasteiger partial charge in [0, 0.05) is 18.1 Å². The van der Waals surface area contributed by atoms with Crippen LogP contribution in [0.25, 0.3) is 10.2 Å². The number of sulfone groups is 1. The van der Waals surface area contributed by atoms with Gasteiger partial charge in [0.15, 0.2) is 20.1 Å². The molecule has 0 bridgehead atoms. The van der Waals surface area contributed by atoms with Crippen molar-refractivity contribution in [3.8, 4) is 0 Å². The number of nitrogens with zero attached hydrogens (tertiary/aromatic N) is 2. The molecule has 3 aromatic heterocycles. The second-order valence-electron chi connectivity index (χ2n) is 6.54.